The first-order valence-electron chi connectivity index (χ1n) is 21.1. The first kappa shape index (κ1) is 42.6. The summed E-state index contributed by atoms with van der Waals surface area (Å²) in [7, 11) is 1.39. The number of ether oxygens (including phenoxy) is 4. The average Bonchev–Trinajstić information content (AvgIpc) is 3.28. The Labute approximate surface area is 352 Å². The number of aldehydes is 1. The molecule has 4 aromatic rings. The number of methoxy groups -OCH3 is 1. The number of hydrogen-bond acceptors (Lipinski definition) is 10. The van der Waals surface area contributed by atoms with Gasteiger partial charge in [-0.15, -0.1) is 6.58 Å². The van der Waals surface area contributed by atoms with Gasteiger partial charge in [0.05, 0.1) is 31.9 Å². The van der Waals surface area contributed by atoms with Crippen molar-refractivity contribution in [3.8, 4) is 17.2 Å². The Morgan fingerprint density at radius 3 is 2.50 bits per heavy atom. The van der Waals surface area contributed by atoms with Crippen molar-refractivity contribution in [2.45, 2.75) is 76.2 Å². The molecule has 0 aromatic heterocycles. The highest BCUT2D eigenvalue weighted by Crippen LogP contribution is 2.62. The number of unbranched alkanes of at least 4 members (excludes halogenated alkanes) is 2. The molecule has 2 N–H and O–H groups in total. The molecule has 0 radical (unpaired) electrons. The van der Waals surface area contributed by atoms with Gasteiger partial charge >= 0.3 is 6.09 Å². The van der Waals surface area contributed by atoms with Crippen LogP contribution in [0.3, 0.4) is 0 Å². The predicted octanol–water partition coefficient (Wildman–Crippen LogP) is 9.37. The lowest BCUT2D eigenvalue weighted by molar-refractivity contribution is -0.256. The van der Waals surface area contributed by atoms with E-state index in [1.165, 1.54) is 7.11 Å². The number of aliphatic hydroxyl groups excluding tert-OH is 2. The molecule has 0 saturated heterocycles. The van der Waals surface area contributed by atoms with Crippen LogP contribution in [0.5, 0.6) is 17.2 Å². The van der Waals surface area contributed by atoms with Crippen LogP contribution in [0.15, 0.2) is 114 Å². The third kappa shape index (κ3) is 8.71. The number of amides is 1. The van der Waals surface area contributed by atoms with Crippen LogP contribution < -0.4 is 9.47 Å². The molecular formula is C49H56N2O9. The molecule has 1 saturated carbocycles. The topological polar surface area (TPSA) is 136 Å². The Balaban J connectivity index is 1.46. The van der Waals surface area contributed by atoms with Crippen molar-refractivity contribution in [3.63, 3.8) is 0 Å². The SMILES string of the molecule is C=CCO[C@@]12Oc3ccc(Oc4cccc(C=O)c4)cc3[C@H]3[C@H](CCCCO)[C@@H](CCCCO)C=C(C(=NOCC)C[C@@H]1N(Cc1cccc4ccccc14)C(=O)OC)[C@H]32. The largest absolute Gasteiger partial charge is 0.459 e. The number of oxime groups is 1. The van der Waals surface area contributed by atoms with Gasteiger partial charge in [-0.3, -0.25) is 9.69 Å². The Kier molecular flexibility index (Phi) is 14.0. The summed E-state index contributed by atoms with van der Waals surface area (Å²) in [5.74, 6) is -0.392. The molecule has 0 bridgehead atoms. The summed E-state index contributed by atoms with van der Waals surface area (Å²) in [4.78, 5) is 33.6. The van der Waals surface area contributed by atoms with Crippen LogP contribution in [0.4, 0.5) is 4.79 Å². The van der Waals surface area contributed by atoms with E-state index in [1.807, 2.05) is 55.5 Å². The van der Waals surface area contributed by atoms with Gasteiger partial charge in [-0.25, -0.2) is 4.79 Å². The lowest BCUT2D eigenvalue weighted by Gasteiger charge is -2.59. The lowest BCUT2D eigenvalue weighted by atomic mass is 9.55. The zero-order valence-corrected chi connectivity index (χ0v) is 34.5. The number of hydrogen-bond donors (Lipinski definition) is 2. The van der Waals surface area contributed by atoms with Crippen molar-refractivity contribution in [1.29, 1.82) is 0 Å². The van der Waals surface area contributed by atoms with Crippen molar-refractivity contribution in [2.24, 2.45) is 22.9 Å². The minimum absolute atomic E-state index is 0.0312. The number of benzene rings is 4. The van der Waals surface area contributed by atoms with Crippen LogP contribution in [-0.4, -0.2) is 78.6 Å². The van der Waals surface area contributed by atoms with E-state index in [0.717, 1.165) is 59.4 Å². The highest BCUT2D eigenvalue weighted by atomic mass is 16.7. The molecule has 11 heteroatoms. The number of allylic oxidation sites excluding steroid dienone is 1. The summed E-state index contributed by atoms with van der Waals surface area (Å²) >= 11 is 0. The molecule has 0 spiro atoms. The smallest absolute Gasteiger partial charge is 0.410 e. The molecule has 2 aliphatic carbocycles. The minimum atomic E-state index is -1.45. The third-order valence-corrected chi connectivity index (χ3v) is 12.2. The summed E-state index contributed by atoms with van der Waals surface area (Å²) in [6.45, 7) is 6.78. The van der Waals surface area contributed by atoms with Gasteiger partial charge in [0.15, 0.2) is 0 Å². The maximum Gasteiger partial charge on any atom is 0.410 e. The van der Waals surface area contributed by atoms with Crippen LogP contribution in [0.1, 0.15) is 79.3 Å². The van der Waals surface area contributed by atoms with Gasteiger partial charge in [-0.2, -0.15) is 0 Å². The van der Waals surface area contributed by atoms with E-state index < -0.39 is 23.8 Å². The predicted molar refractivity (Wildman–Crippen MR) is 230 cm³/mol. The number of carbonyl (C=O) groups excluding carboxylic acids is 2. The second kappa shape index (κ2) is 19.7. The molecule has 1 fully saturated rings. The maximum atomic E-state index is 14.4. The van der Waals surface area contributed by atoms with E-state index in [1.54, 1.807) is 29.2 Å². The molecule has 7 rings (SSSR count). The number of rotatable bonds is 19. The normalized spacial score (nSPS) is 23.4. The van der Waals surface area contributed by atoms with Crippen LogP contribution in [-0.2, 0) is 20.9 Å². The molecule has 6 atom stereocenters. The van der Waals surface area contributed by atoms with Gasteiger partial charge in [0.25, 0.3) is 0 Å². The van der Waals surface area contributed by atoms with Crippen LogP contribution in [0.2, 0.25) is 0 Å². The standard InChI is InChI=1S/C49H56N2O9/c1-4-26-57-49-45(51(48(55)56-3)31-36-18-13-17-34-15-6-7-20-39(34)36)30-43(50-58-5-2)41-28-35(16-8-10-24-52)40(21-9-11-25-53)46(47(41)49)42-29-38(22-23-44(42)60-49)59-37-19-12-14-33(27-37)32-54/h4,6-7,12-15,17-20,22-23,27-29,32,35,40,45-47,52-53H,1,5,8-11,16,21,24-26,30-31H2,2-3H3/t35-,40+,45-,46+,47+,49+/m0/s1. The number of carbonyl (C=O) groups is 2. The summed E-state index contributed by atoms with van der Waals surface area (Å²) in [5, 5.41) is 26.7. The fourth-order valence-electron chi connectivity index (χ4n) is 9.67. The van der Waals surface area contributed by atoms with Crippen molar-refractivity contribution in [1.82, 2.24) is 4.90 Å². The van der Waals surface area contributed by atoms with Crippen LogP contribution in [0, 0.1) is 17.8 Å². The van der Waals surface area contributed by atoms with E-state index in [0.29, 0.717) is 48.0 Å². The first-order chi connectivity index (χ1) is 29.4. The fourth-order valence-corrected chi connectivity index (χ4v) is 9.67. The molecule has 11 nitrogen and oxygen atoms in total. The van der Waals surface area contributed by atoms with Gasteiger partial charge in [0.2, 0.25) is 5.79 Å². The number of aliphatic hydroxyl groups is 2. The van der Waals surface area contributed by atoms with Gasteiger partial charge in [0, 0.05) is 36.7 Å². The summed E-state index contributed by atoms with van der Waals surface area (Å²) in [6.07, 6.45) is 9.04. The second-order valence-corrected chi connectivity index (χ2v) is 15.7. The van der Waals surface area contributed by atoms with Crippen molar-refractivity contribution < 1.29 is 43.6 Å². The number of fused-ring (bicyclic) bond motifs is 3. The Hall–Kier alpha value is -5.49. The van der Waals surface area contributed by atoms with Gasteiger partial charge in [-0.05, 0) is 96.7 Å². The van der Waals surface area contributed by atoms with E-state index in [-0.39, 0.29) is 50.5 Å². The van der Waals surface area contributed by atoms with Crippen LogP contribution in [0.25, 0.3) is 10.8 Å². The van der Waals surface area contributed by atoms with Crippen molar-refractivity contribution in [2.75, 3.05) is 33.5 Å². The van der Waals surface area contributed by atoms with E-state index >= 15 is 0 Å². The van der Waals surface area contributed by atoms with Crippen LogP contribution >= 0.6 is 0 Å². The fraction of sp³-hybridized carbons (Fsp3) is 0.408. The van der Waals surface area contributed by atoms with E-state index in [9.17, 15) is 19.8 Å². The molecule has 316 valence electrons. The van der Waals surface area contributed by atoms with E-state index in [2.05, 4.69) is 30.9 Å². The Morgan fingerprint density at radius 1 is 0.967 bits per heavy atom. The molecule has 1 amide bonds. The first-order valence-corrected chi connectivity index (χ1v) is 21.1. The molecule has 0 unspecified atom stereocenters. The molecule has 3 aliphatic rings. The molecule has 4 aromatic carbocycles. The number of nitrogens with zero attached hydrogens (tertiary/aromatic N) is 2. The zero-order valence-electron chi connectivity index (χ0n) is 34.5. The quantitative estimate of drug-likeness (QED) is 0.0411. The maximum absolute atomic E-state index is 14.4. The summed E-state index contributed by atoms with van der Waals surface area (Å²) < 4.78 is 26.4. The molecular weight excluding hydrogens is 761 g/mol. The monoisotopic (exact) mass is 816 g/mol. The molecule has 1 heterocycles. The Morgan fingerprint density at radius 2 is 1.73 bits per heavy atom. The summed E-state index contributed by atoms with van der Waals surface area (Å²) in [5.41, 5.74) is 4.00. The van der Waals surface area contributed by atoms with Gasteiger partial charge in [-0.1, -0.05) is 84.7 Å². The molecule has 60 heavy (non-hydrogen) atoms. The van der Waals surface area contributed by atoms with Crippen molar-refractivity contribution in [3.05, 3.63) is 126 Å². The molecule has 1 aliphatic heterocycles. The summed E-state index contributed by atoms with van der Waals surface area (Å²) in [6, 6.07) is 26.2. The zero-order chi connectivity index (χ0) is 42.1. The average molecular weight is 817 g/mol. The van der Waals surface area contributed by atoms with E-state index in [4.69, 9.17) is 28.9 Å². The van der Waals surface area contributed by atoms with Gasteiger partial charge in [0.1, 0.15) is 36.2 Å². The highest BCUT2D eigenvalue weighted by Gasteiger charge is 2.65. The second-order valence-electron chi connectivity index (χ2n) is 15.7. The Bertz CT molecular complexity index is 2200. The minimum Gasteiger partial charge on any atom is -0.459 e. The third-order valence-electron chi connectivity index (χ3n) is 12.2. The van der Waals surface area contributed by atoms with Crippen molar-refractivity contribution >= 4 is 28.9 Å². The highest BCUT2D eigenvalue weighted by molar-refractivity contribution is 6.03. The lowest BCUT2D eigenvalue weighted by Crippen LogP contribution is -2.70. The van der Waals surface area contributed by atoms with Gasteiger partial charge < -0.3 is 34.0 Å².